The van der Waals surface area contributed by atoms with E-state index in [-0.39, 0.29) is 35.4 Å². The number of aliphatic hydroxyl groups is 1. The first-order valence-electron chi connectivity index (χ1n) is 11.3. The van der Waals surface area contributed by atoms with Crippen LogP contribution in [0.3, 0.4) is 0 Å². The molecule has 0 unspecified atom stereocenters. The Morgan fingerprint density at radius 3 is 2.72 bits per heavy atom. The van der Waals surface area contributed by atoms with Crippen LogP contribution in [-0.2, 0) is 16.1 Å². The zero-order valence-corrected chi connectivity index (χ0v) is 21.7. The van der Waals surface area contributed by atoms with Crippen molar-refractivity contribution in [2.75, 3.05) is 26.3 Å². The van der Waals surface area contributed by atoms with Gasteiger partial charge in [-0.3, -0.25) is 14.2 Å². The third-order valence-electron chi connectivity index (χ3n) is 6.32. The molecule has 4 heterocycles. The van der Waals surface area contributed by atoms with Gasteiger partial charge in [-0.1, -0.05) is 17.9 Å². The third-order valence-corrected chi connectivity index (χ3v) is 7.94. The summed E-state index contributed by atoms with van der Waals surface area (Å²) in [5, 5.41) is 11.1. The summed E-state index contributed by atoms with van der Waals surface area (Å²) in [7, 11) is 0. The molecule has 11 heteroatoms. The molecular formula is C25H22BrF2N3O4S. The molecule has 0 radical (unpaired) electrons. The molecule has 0 aliphatic carbocycles. The normalized spacial score (nSPS) is 18.4. The lowest BCUT2D eigenvalue weighted by Gasteiger charge is -2.42. The number of halogens is 3. The van der Waals surface area contributed by atoms with E-state index in [0.29, 0.717) is 46.9 Å². The topological polar surface area (TPSA) is 84.7 Å². The number of ether oxygens (including phenoxy) is 1. The van der Waals surface area contributed by atoms with Crippen molar-refractivity contribution in [3.05, 3.63) is 50.0 Å². The number of thiophene rings is 1. The highest BCUT2D eigenvalue weighted by Gasteiger charge is 2.41. The van der Waals surface area contributed by atoms with E-state index in [1.807, 2.05) is 0 Å². The van der Waals surface area contributed by atoms with Crippen molar-refractivity contribution in [2.45, 2.75) is 37.6 Å². The zero-order chi connectivity index (χ0) is 25.7. The van der Waals surface area contributed by atoms with Gasteiger partial charge < -0.3 is 14.7 Å². The number of hydrogen-bond donors (Lipinski definition) is 1. The standard InChI is InChI=1S/C25H22BrF2N3O4S/c1-24(28)12-31(13-24)19(32)11-30-14-29-22-21(23(30)33)20(15-2-3-17(27)16(26)10-15)18(36-22)4-5-25(34)6-8-35-9-7-25/h2-3,10,14,34H,6-9,11-13H2,1H3. The summed E-state index contributed by atoms with van der Waals surface area (Å²) in [4.78, 5) is 32.8. The number of likely N-dealkylation sites (tertiary alicyclic amines) is 1. The second-order valence-electron chi connectivity index (χ2n) is 9.35. The maximum atomic E-state index is 14.0. The minimum Gasteiger partial charge on any atom is -0.381 e. The van der Waals surface area contributed by atoms with Gasteiger partial charge in [0.25, 0.3) is 5.56 Å². The Morgan fingerprint density at radius 2 is 2.06 bits per heavy atom. The molecule has 7 nitrogen and oxygen atoms in total. The van der Waals surface area contributed by atoms with Gasteiger partial charge in [0.1, 0.15) is 28.5 Å². The van der Waals surface area contributed by atoms with Crippen LogP contribution in [-0.4, -0.2) is 63.0 Å². The van der Waals surface area contributed by atoms with E-state index in [0.717, 1.165) is 0 Å². The highest BCUT2D eigenvalue weighted by atomic mass is 79.9. The van der Waals surface area contributed by atoms with Gasteiger partial charge in [-0.15, -0.1) is 11.3 Å². The van der Waals surface area contributed by atoms with E-state index >= 15 is 0 Å². The van der Waals surface area contributed by atoms with Gasteiger partial charge in [0.2, 0.25) is 5.91 Å². The summed E-state index contributed by atoms with van der Waals surface area (Å²) in [5.74, 6) is 5.12. The fourth-order valence-electron chi connectivity index (χ4n) is 4.33. The minimum atomic E-state index is -1.42. The van der Waals surface area contributed by atoms with E-state index in [9.17, 15) is 23.5 Å². The predicted molar refractivity (Wildman–Crippen MR) is 135 cm³/mol. The molecule has 2 aliphatic rings. The van der Waals surface area contributed by atoms with Gasteiger partial charge in [0.15, 0.2) is 0 Å². The Balaban J connectivity index is 1.60. The fourth-order valence-corrected chi connectivity index (χ4v) is 5.72. The molecule has 2 aromatic heterocycles. The molecule has 0 spiro atoms. The molecule has 1 amide bonds. The number of benzene rings is 1. The van der Waals surface area contributed by atoms with E-state index in [4.69, 9.17) is 4.74 Å². The monoisotopic (exact) mass is 577 g/mol. The summed E-state index contributed by atoms with van der Waals surface area (Å²) < 4.78 is 34.5. The number of fused-ring (bicyclic) bond motifs is 1. The molecule has 36 heavy (non-hydrogen) atoms. The number of aromatic nitrogens is 2. The van der Waals surface area contributed by atoms with Crippen LogP contribution >= 0.6 is 27.3 Å². The molecule has 2 saturated heterocycles. The molecule has 0 atom stereocenters. The first-order valence-corrected chi connectivity index (χ1v) is 12.9. The Hall–Kier alpha value is -2.65. The molecule has 3 aromatic rings. The van der Waals surface area contributed by atoms with Crippen LogP contribution in [0.2, 0.25) is 0 Å². The Bertz CT molecular complexity index is 1480. The molecular weight excluding hydrogens is 556 g/mol. The van der Waals surface area contributed by atoms with Crippen LogP contribution in [0.15, 0.2) is 33.8 Å². The zero-order valence-electron chi connectivity index (χ0n) is 19.3. The molecule has 1 aromatic carbocycles. The fraction of sp³-hybridized carbons (Fsp3) is 0.400. The largest absolute Gasteiger partial charge is 0.381 e. The van der Waals surface area contributed by atoms with Crippen molar-refractivity contribution < 1.29 is 23.4 Å². The van der Waals surface area contributed by atoms with Crippen LogP contribution in [0.5, 0.6) is 0 Å². The lowest BCUT2D eigenvalue weighted by atomic mass is 9.95. The van der Waals surface area contributed by atoms with E-state index < -0.39 is 22.6 Å². The molecule has 2 aliphatic heterocycles. The number of nitrogens with zero attached hydrogens (tertiary/aromatic N) is 3. The van der Waals surface area contributed by atoms with E-state index in [1.165, 1.54) is 40.1 Å². The smallest absolute Gasteiger partial charge is 0.263 e. The summed E-state index contributed by atoms with van der Waals surface area (Å²) in [5.41, 5.74) is -2.09. The lowest BCUT2D eigenvalue weighted by Crippen LogP contribution is -2.60. The number of rotatable bonds is 3. The molecule has 2 fully saturated rings. The van der Waals surface area contributed by atoms with Crippen molar-refractivity contribution in [2.24, 2.45) is 0 Å². The molecule has 0 saturated carbocycles. The SMILES string of the molecule is CC1(F)CN(C(=O)Cn2cnc3sc(C#CC4(O)CCOCC4)c(-c4ccc(F)c(Br)c4)c3c2=O)C1. The second kappa shape index (κ2) is 9.34. The summed E-state index contributed by atoms with van der Waals surface area (Å²) >= 11 is 4.38. The van der Waals surface area contributed by atoms with Gasteiger partial charge in [0.05, 0.1) is 47.4 Å². The van der Waals surface area contributed by atoms with Crippen LogP contribution in [0.25, 0.3) is 21.3 Å². The van der Waals surface area contributed by atoms with Crippen LogP contribution in [0, 0.1) is 17.7 Å². The number of hydrogen-bond acceptors (Lipinski definition) is 6. The van der Waals surface area contributed by atoms with Gasteiger partial charge in [-0.05, 0) is 40.5 Å². The highest BCUT2D eigenvalue weighted by molar-refractivity contribution is 9.10. The first-order chi connectivity index (χ1) is 17.1. The van der Waals surface area contributed by atoms with Crippen molar-refractivity contribution in [1.82, 2.24) is 14.5 Å². The van der Waals surface area contributed by atoms with Crippen LogP contribution < -0.4 is 5.56 Å². The summed E-state index contributed by atoms with van der Waals surface area (Å²) in [6.07, 6.45) is 2.02. The molecule has 5 rings (SSSR count). The van der Waals surface area contributed by atoms with Gasteiger partial charge in [-0.2, -0.15) is 0 Å². The Morgan fingerprint density at radius 1 is 1.33 bits per heavy atom. The predicted octanol–water partition coefficient (Wildman–Crippen LogP) is 3.49. The molecule has 0 bridgehead atoms. The summed E-state index contributed by atoms with van der Waals surface area (Å²) in [6.45, 7) is 1.91. The highest BCUT2D eigenvalue weighted by Crippen LogP contribution is 2.37. The first kappa shape index (κ1) is 25.0. The minimum absolute atomic E-state index is 0.0166. The number of alkyl halides is 1. The lowest BCUT2D eigenvalue weighted by molar-refractivity contribution is -0.144. The molecule has 1 N–H and O–H groups in total. The maximum Gasteiger partial charge on any atom is 0.263 e. The van der Waals surface area contributed by atoms with E-state index in [2.05, 4.69) is 32.8 Å². The van der Waals surface area contributed by atoms with Crippen molar-refractivity contribution in [1.29, 1.82) is 0 Å². The second-order valence-corrected chi connectivity index (χ2v) is 11.2. The summed E-state index contributed by atoms with van der Waals surface area (Å²) in [6, 6.07) is 4.37. The number of carbonyl (C=O) groups excluding carboxylic acids is 1. The number of amides is 1. The van der Waals surface area contributed by atoms with Gasteiger partial charge >= 0.3 is 0 Å². The molecule has 188 valence electrons. The van der Waals surface area contributed by atoms with Crippen LogP contribution in [0.1, 0.15) is 24.6 Å². The van der Waals surface area contributed by atoms with E-state index in [1.54, 1.807) is 12.1 Å². The number of carbonyl (C=O) groups is 1. The van der Waals surface area contributed by atoms with Crippen molar-refractivity contribution >= 4 is 43.4 Å². The maximum absolute atomic E-state index is 14.0. The average Bonchev–Trinajstić information content (AvgIpc) is 3.19. The third kappa shape index (κ3) is 4.83. The quantitative estimate of drug-likeness (QED) is 0.482. The van der Waals surface area contributed by atoms with Gasteiger partial charge in [-0.25, -0.2) is 13.8 Å². The van der Waals surface area contributed by atoms with Crippen molar-refractivity contribution in [3.8, 4) is 23.0 Å². The van der Waals surface area contributed by atoms with Crippen molar-refractivity contribution in [3.63, 3.8) is 0 Å². The average molecular weight is 578 g/mol. The Labute approximate surface area is 217 Å². The van der Waals surface area contributed by atoms with Gasteiger partial charge in [0, 0.05) is 18.4 Å². The van der Waals surface area contributed by atoms with Crippen LogP contribution in [0.4, 0.5) is 8.78 Å². The Kier molecular flexibility index (Phi) is 6.49.